The number of carbonyl (C=O) groups is 2. The van der Waals surface area contributed by atoms with Gasteiger partial charge in [-0.25, -0.2) is 9.59 Å². The summed E-state index contributed by atoms with van der Waals surface area (Å²) < 4.78 is 90.3. The number of ether oxygens (including phenoxy) is 2. The quantitative estimate of drug-likeness (QED) is 0.220. The highest BCUT2D eigenvalue weighted by molar-refractivity contribution is 5.90. The van der Waals surface area contributed by atoms with E-state index in [1.165, 1.54) is 24.3 Å². The first-order valence-electron chi connectivity index (χ1n) is 11.2. The van der Waals surface area contributed by atoms with Crippen LogP contribution in [0.4, 0.5) is 26.3 Å². The third-order valence-electron chi connectivity index (χ3n) is 5.57. The van der Waals surface area contributed by atoms with E-state index in [9.17, 15) is 35.9 Å². The normalized spacial score (nSPS) is 11.7. The number of benzene rings is 4. The molecule has 0 aromatic heterocycles. The predicted octanol–water partition coefficient (Wildman–Crippen LogP) is 8.37. The number of carboxylic acids is 2. The summed E-state index contributed by atoms with van der Waals surface area (Å²) in [7, 11) is 0. The van der Waals surface area contributed by atoms with E-state index >= 15 is 0 Å². The van der Waals surface area contributed by atoms with Crippen LogP contribution in [0.5, 0.6) is 23.0 Å². The molecule has 40 heavy (non-hydrogen) atoms. The van der Waals surface area contributed by atoms with Gasteiger partial charge in [-0.05, 0) is 71.8 Å². The molecule has 0 bridgehead atoms. The minimum Gasteiger partial charge on any atom is -0.478 e. The smallest absolute Gasteiger partial charge is 0.417 e. The van der Waals surface area contributed by atoms with Crippen LogP contribution in [0.3, 0.4) is 0 Å². The zero-order valence-corrected chi connectivity index (χ0v) is 19.9. The Balaban J connectivity index is 1.48. The first-order chi connectivity index (χ1) is 18.7. The fourth-order valence-corrected chi connectivity index (χ4v) is 3.72. The minimum atomic E-state index is -4.89. The van der Waals surface area contributed by atoms with Crippen LogP contribution in [-0.4, -0.2) is 22.2 Å². The molecule has 0 aliphatic carbocycles. The molecule has 0 saturated heterocycles. The molecule has 0 spiro atoms. The van der Waals surface area contributed by atoms with Gasteiger partial charge in [-0.1, -0.05) is 24.3 Å². The molecule has 0 fully saturated rings. The average molecular weight is 562 g/mol. The molecular formula is C28H16F6O6. The zero-order valence-electron chi connectivity index (χ0n) is 19.9. The Labute approximate surface area is 221 Å². The molecule has 4 aromatic carbocycles. The van der Waals surface area contributed by atoms with Crippen LogP contribution >= 0.6 is 0 Å². The van der Waals surface area contributed by atoms with Crippen LogP contribution in [0.2, 0.25) is 0 Å². The van der Waals surface area contributed by atoms with Gasteiger partial charge in [-0.2, -0.15) is 26.3 Å². The van der Waals surface area contributed by atoms with Gasteiger partial charge in [0.2, 0.25) is 0 Å². The minimum absolute atomic E-state index is 0.185. The van der Waals surface area contributed by atoms with E-state index < -0.39 is 46.5 Å². The summed E-state index contributed by atoms with van der Waals surface area (Å²) in [6.07, 6.45) is -9.79. The molecule has 12 heteroatoms. The Morgan fingerprint density at radius 3 is 1.07 bits per heavy atom. The molecule has 0 atom stereocenters. The Kier molecular flexibility index (Phi) is 7.45. The number of aromatic carboxylic acids is 2. The predicted molar refractivity (Wildman–Crippen MR) is 129 cm³/mol. The molecule has 0 saturated carbocycles. The van der Waals surface area contributed by atoms with E-state index in [1.807, 2.05) is 0 Å². The highest BCUT2D eigenvalue weighted by Gasteiger charge is 2.36. The highest BCUT2D eigenvalue weighted by atomic mass is 19.4. The molecule has 6 nitrogen and oxygen atoms in total. The first kappa shape index (κ1) is 28.0. The van der Waals surface area contributed by atoms with Gasteiger partial charge in [0, 0.05) is 0 Å². The van der Waals surface area contributed by atoms with E-state index in [4.69, 9.17) is 19.7 Å². The average Bonchev–Trinajstić information content (AvgIpc) is 2.88. The Morgan fingerprint density at radius 2 is 0.800 bits per heavy atom. The fourth-order valence-electron chi connectivity index (χ4n) is 3.72. The Bertz CT molecular complexity index is 1440. The highest BCUT2D eigenvalue weighted by Crippen LogP contribution is 2.37. The van der Waals surface area contributed by atoms with Crippen molar-refractivity contribution < 1.29 is 55.6 Å². The van der Waals surface area contributed by atoms with Crippen LogP contribution in [0.1, 0.15) is 31.8 Å². The summed E-state index contributed by atoms with van der Waals surface area (Å²) in [5.41, 5.74) is -3.16. The maximum Gasteiger partial charge on any atom is 0.417 e. The van der Waals surface area contributed by atoms with Crippen molar-refractivity contribution in [3.05, 3.63) is 107 Å². The van der Waals surface area contributed by atoms with Gasteiger partial charge in [-0.3, -0.25) is 0 Å². The van der Waals surface area contributed by atoms with Gasteiger partial charge in [0.25, 0.3) is 0 Å². The molecule has 4 aromatic rings. The van der Waals surface area contributed by atoms with Gasteiger partial charge in [0.05, 0.1) is 22.3 Å². The van der Waals surface area contributed by atoms with Crippen LogP contribution in [0.25, 0.3) is 11.1 Å². The van der Waals surface area contributed by atoms with Gasteiger partial charge < -0.3 is 19.7 Å². The summed E-state index contributed by atoms with van der Waals surface area (Å²) in [5.74, 6) is -3.49. The van der Waals surface area contributed by atoms with Crippen molar-refractivity contribution in [3.63, 3.8) is 0 Å². The Hall–Kier alpha value is -5.00. The van der Waals surface area contributed by atoms with Gasteiger partial charge in [-0.15, -0.1) is 0 Å². The Morgan fingerprint density at radius 1 is 0.500 bits per heavy atom. The van der Waals surface area contributed by atoms with E-state index in [2.05, 4.69) is 0 Å². The van der Waals surface area contributed by atoms with Gasteiger partial charge in [0.1, 0.15) is 23.0 Å². The molecule has 0 radical (unpaired) electrons. The van der Waals surface area contributed by atoms with Crippen molar-refractivity contribution in [2.75, 3.05) is 0 Å². The summed E-state index contributed by atoms with van der Waals surface area (Å²) in [6.45, 7) is 0. The maximum absolute atomic E-state index is 13.2. The standard InChI is InChI=1S/C28H16F6O6/c29-27(30,31)23-13-19(9-11-21(23)25(35)36)39-17-5-1-15(2-6-17)16-3-7-18(8-4-16)40-20-10-12-22(26(37)38)24(14-20)28(32,33)34/h1-14H,(H,35,36)(H,37,38). The molecule has 0 unspecified atom stereocenters. The van der Waals surface area contributed by atoms with E-state index in [1.54, 1.807) is 24.3 Å². The lowest BCUT2D eigenvalue weighted by Gasteiger charge is -2.13. The lowest BCUT2D eigenvalue weighted by molar-refractivity contribution is -0.138. The second kappa shape index (κ2) is 10.6. The molecule has 0 heterocycles. The number of hydrogen-bond acceptors (Lipinski definition) is 4. The summed E-state index contributed by atoms with van der Waals surface area (Å²) in [6, 6.07) is 17.4. The van der Waals surface area contributed by atoms with E-state index in [0.29, 0.717) is 23.3 Å². The van der Waals surface area contributed by atoms with Crippen molar-refractivity contribution in [2.45, 2.75) is 12.4 Å². The molecule has 0 aliphatic rings. The number of rotatable bonds is 7. The lowest BCUT2D eigenvalue weighted by atomic mass is 10.1. The van der Waals surface area contributed by atoms with Gasteiger partial charge in [0.15, 0.2) is 0 Å². The largest absolute Gasteiger partial charge is 0.478 e. The monoisotopic (exact) mass is 562 g/mol. The van der Waals surface area contributed by atoms with Crippen LogP contribution in [-0.2, 0) is 12.4 Å². The first-order valence-corrected chi connectivity index (χ1v) is 11.2. The fraction of sp³-hybridized carbons (Fsp3) is 0.0714. The van der Waals surface area contributed by atoms with Crippen LogP contribution in [0, 0.1) is 0 Å². The van der Waals surface area contributed by atoms with E-state index in [0.717, 1.165) is 24.3 Å². The number of halogens is 6. The SMILES string of the molecule is O=C(O)c1ccc(Oc2ccc(-c3ccc(Oc4ccc(C(=O)O)c(C(F)(F)F)c4)cc3)cc2)cc1C(F)(F)F. The molecule has 0 aliphatic heterocycles. The number of hydrogen-bond donors (Lipinski definition) is 2. The van der Waals surface area contributed by atoms with Gasteiger partial charge >= 0.3 is 24.3 Å². The van der Waals surface area contributed by atoms with E-state index in [-0.39, 0.29) is 23.0 Å². The van der Waals surface area contributed by atoms with Crippen molar-refractivity contribution >= 4 is 11.9 Å². The molecule has 206 valence electrons. The molecule has 2 N–H and O–H groups in total. The topological polar surface area (TPSA) is 93.1 Å². The molecular weight excluding hydrogens is 546 g/mol. The van der Waals surface area contributed by atoms with Crippen molar-refractivity contribution in [3.8, 4) is 34.1 Å². The number of alkyl halides is 6. The third-order valence-corrected chi connectivity index (χ3v) is 5.57. The van der Waals surface area contributed by atoms with Crippen LogP contribution < -0.4 is 9.47 Å². The lowest BCUT2D eigenvalue weighted by Crippen LogP contribution is -2.12. The summed E-state index contributed by atoms with van der Waals surface area (Å²) >= 11 is 0. The second-order valence-electron chi connectivity index (χ2n) is 8.27. The molecule has 4 rings (SSSR count). The maximum atomic E-state index is 13.2. The molecule has 0 amide bonds. The number of carboxylic acid groups (broad SMARTS) is 2. The summed E-state index contributed by atoms with van der Waals surface area (Å²) in [5, 5.41) is 18.0. The van der Waals surface area contributed by atoms with Crippen LogP contribution in [0.15, 0.2) is 84.9 Å². The second-order valence-corrected chi connectivity index (χ2v) is 8.27. The zero-order chi connectivity index (χ0) is 29.2. The van der Waals surface area contributed by atoms with Crippen molar-refractivity contribution in [2.24, 2.45) is 0 Å². The summed E-state index contributed by atoms with van der Waals surface area (Å²) in [4.78, 5) is 22.2. The van der Waals surface area contributed by atoms with Crippen molar-refractivity contribution in [1.82, 2.24) is 0 Å². The third kappa shape index (κ3) is 6.34. The van der Waals surface area contributed by atoms with Crippen molar-refractivity contribution in [1.29, 1.82) is 0 Å².